The Bertz CT molecular complexity index is 77.5. The largest absolute Gasteiger partial charge is 0.356 e. The van der Waals surface area contributed by atoms with Crippen molar-refractivity contribution < 1.29 is 4.79 Å². The van der Waals surface area contributed by atoms with E-state index in [4.69, 9.17) is 0 Å². The molecule has 0 fully saturated rings. The van der Waals surface area contributed by atoms with Gasteiger partial charge in [-0.1, -0.05) is 0 Å². The van der Waals surface area contributed by atoms with Crippen molar-refractivity contribution in [3.63, 3.8) is 0 Å². The molecule has 0 spiro atoms. The van der Waals surface area contributed by atoms with Crippen LogP contribution < -0.4 is 5.32 Å². The molecule has 0 heterocycles. The second kappa shape index (κ2) is 5.95. The van der Waals surface area contributed by atoms with Gasteiger partial charge < -0.3 is 5.32 Å². The molecule has 0 radical (unpaired) electrons. The third-order valence-corrected chi connectivity index (χ3v) is 1.75. The number of carbonyl (C=O) groups is 1. The summed E-state index contributed by atoms with van der Waals surface area (Å²) in [5, 5.41) is 2.69. The van der Waals surface area contributed by atoms with E-state index >= 15 is 0 Å². The summed E-state index contributed by atoms with van der Waals surface area (Å²) >= 11 is 1.80. The summed E-state index contributed by atoms with van der Waals surface area (Å²) in [6.07, 6.45) is 3.87. The molecule has 0 aliphatic heterocycles. The van der Waals surface area contributed by atoms with E-state index < -0.39 is 0 Å². The molecule has 3 heteroatoms. The molecular formula is C6H13NOS. The van der Waals surface area contributed by atoms with Gasteiger partial charge >= 0.3 is 0 Å². The molecule has 9 heavy (non-hydrogen) atoms. The van der Waals surface area contributed by atoms with Crippen molar-refractivity contribution in [1.82, 2.24) is 5.32 Å². The lowest BCUT2D eigenvalue weighted by Gasteiger charge is -2.06. The monoisotopic (exact) mass is 147 g/mol. The molecule has 0 aromatic heterocycles. The van der Waals surface area contributed by atoms with Crippen LogP contribution in [0.4, 0.5) is 0 Å². The van der Waals surface area contributed by atoms with E-state index in [-0.39, 0.29) is 0 Å². The summed E-state index contributed by atoms with van der Waals surface area (Å²) in [5.41, 5.74) is 0. The minimum absolute atomic E-state index is 0.329. The van der Waals surface area contributed by atoms with Crippen LogP contribution in [-0.2, 0) is 4.79 Å². The predicted molar refractivity (Wildman–Crippen MR) is 41.7 cm³/mol. The van der Waals surface area contributed by atoms with E-state index in [1.807, 2.05) is 6.92 Å². The van der Waals surface area contributed by atoms with Gasteiger partial charge in [-0.15, -0.1) is 0 Å². The van der Waals surface area contributed by atoms with Crippen LogP contribution in [0.1, 0.15) is 13.3 Å². The highest BCUT2D eigenvalue weighted by atomic mass is 32.2. The van der Waals surface area contributed by atoms with Crippen LogP contribution in [0.2, 0.25) is 0 Å². The Kier molecular flexibility index (Phi) is 5.83. The minimum Gasteiger partial charge on any atom is -0.356 e. The molecule has 0 unspecified atom stereocenters. The predicted octanol–water partition coefficient (Wildman–Crippen LogP) is 0.874. The van der Waals surface area contributed by atoms with Crippen LogP contribution in [0.25, 0.3) is 0 Å². The zero-order chi connectivity index (χ0) is 7.11. The zero-order valence-electron chi connectivity index (χ0n) is 5.89. The summed E-state index contributed by atoms with van der Waals surface area (Å²) in [7, 11) is 0. The Labute approximate surface area is 60.4 Å². The number of thioether (sulfide) groups is 1. The van der Waals surface area contributed by atoms with Crippen LogP contribution in [-0.4, -0.2) is 24.5 Å². The Balaban J connectivity index is 3.04. The molecule has 0 saturated heterocycles. The molecule has 1 N–H and O–H groups in total. The third-order valence-electron chi connectivity index (χ3n) is 1.11. The van der Waals surface area contributed by atoms with Gasteiger partial charge in [0.05, 0.1) is 0 Å². The van der Waals surface area contributed by atoms with Crippen molar-refractivity contribution >= 4 is 18.2 Å². The highest BCUT2D eigenvalue weighted by Gasteiger charge is 1.95. The number of carbonyl (C=O) groups excluding carboxylic acids is 1. The summed E-state index contributed by atoms with van der Waals surface area (Å²) < 4.78 is 0. The zero-order valence-corrected chi connectivity index (χ0v) is 6.70. The van der Waals surface area contributed by atoms with Crippen LogP contribution in [0.5, 0.6) is 0 Å². The summed E-state index contributed by atoms with van der Waals surface area (Å²) in [6, 6.07) is 0.329. The fraction of sp³-hybridized carbons (Fsp3) is 0.833. The summed E-state index contributed by atoms with van der Waals surface area (Å²) in [5.74, 6) is 1.11. The van der Waals surface area contributed by atoms with Gasteiger partial charge in [-0.05, 0) is 25.4 Å². The molecule has 0 aliphatic carbocycles. The molecule has 54 valence electrons. The number of rotatable bonds is 5. The van der Waals surface area contributed by atoms with Crippen LogP contribution in [0.3, 0.4) is 0 Å². The Morgan fingerprint density at radius 2 is 2.44 bits per heavy atom. The molecule has 0 aliphatic rings. The van der Waals surface area contributed by atoms with Crippen molar-refractivity contribution in [3.8, 4) is 0 Å². The number of nitrogens with one attached hydrogen (secondary N) is 1. The maximum atomic E-state index is 9.86. The molecule has 0 aromatic carbocycles. The SMILES string of the molecule is CSCC[C@H](C)NC=O. The molecular weight excluding hydrogens is 134 g/mol. The number of amides is 1. The first kappa shape index (κ1) is 8.82. The molecule has 0 aromatic rings. The van der Waals surface area contributed by atoms with Gasteiger partial charge in [0.1, 0.15) is 0 Å². The van der Waals surface area contributed by atoms with Crippen molar-refractivity contribution in [2.24, 2.45) is 0 Å². The Morgan fingerprint density at radius 3 is 2.89 bits per heavy atom. The molecule has 2 nitrogen and oxygen atoms in total. The van der Waals surface area contributed by atoms with Gasteiger partial charge in [0, 0.05) is 6.04 Å². The number of hydrogen-bond donors (Lipinski definition) is 1. The molecule has 0 rings (SSSR count). The van der Waals surface area contributed by atoms with Gasteiger partial charge in [-0.3, -0.25) is 4.79 Å². The third kappa shape index (κ3) is 5.69. The van der Waals surface area contributed by atoms with Gasteiger partial charge in [-0.2, -0.15) is 11.8 Å². The van der Waals surface area contributed by atoms with Gasteiger partial charge in [0.25, 0.3) is 0 Å². The first-order valence-electron chi connectivity index (χ1n) is 3.00. The van der Waals surface area contributed by atoms with E-state index in [1.165, 1.54) is 0 Å². The van der Waals surface area contributed by atoms with E-state index in [9.17, 15) is 4.79 Å². The second-order valence-electron chi connectivity index (χ2n) is 1.97. The lowest BCUT2D eigenvalue weighted by Crippen LogP contribution is -2.24. The average Bonchev–Trinajstić information content (AvgIpc) is 1.85. The normalized spacial score (nSPS) is 12.7. The maximum Gasteiger partial charge on any atom is 0.207 e. The summed E-state index contributed by atoms with van der Waals surface area (Å²) in [6.45, 7) is 2.00. The van der Waals surface area contributed by atoms with E-state index in [1.54, 1.807) is 11.8 Å². The quantitative estimate of drug-likeness (QED) is 0.585. The maximum absolute atomic E-state index is 9.86. The van der Waals surface area contributed by atoms with E-state index in [0.717, 1.165) is 18.6 Å². The molecule has 1 atom stereocenters. The van der Waals surface area contributed by atoms with Crippen molar-refractivity contribution in [3.05, 3.63) is 0 Å². The van der Waals surface area contributed by atoms with Crippen LogP contribution in [0, 0.1) is 0 Å². The van der Waals surface area contributed by atoms with E-state index in [0.29, 0.717) is 6.04 Å². The van der Waals surface area contributed by atoms with Gasteiger partial charge in [0.2, 0.25) is 6.41 Å². The minimum atomic E-state index is 0.329. The summed E-state index contributed by atoms with van der Waals surface area (Å²) in [4.78, 5) is 9.86. The smallest absolute Gasteiger partial charge is 0.207 e. The first-order valence-corrected chi connectivity index (χ1v) is 4.39. The lowest BCUT2D eigenvalue weighted by molar-refractivity contribution is -0.110. The second-order valence-corrected chi connectivity index (χ2v) is 2.95. The highest BCUT2D eigenvalue weighted by molar-refractivity contribution is 7.98. The lowest BCUT2D eigenvalue weighted by atomic mass is 10.3. The van der Waals surface area contributed by atoms with Gasteiger partial charge in [0.15, 0.2) is 0 Å². The van der Waals surface area contributed by atoms with Crippen LogP contribution in [0.15, 0.2) is 0 Å². The fourth-order valence-corrected chi connectivity index (χ4v) is 1.08. The number of hydrogen-bond acceptors (Lipinski definition) is 2. The Hall–Kier alpha value is -0.180. The van der Waals surface area contributed by atoms with Crippen molar-refractivity contribution in [2.45, 2.75) is 19.4 Å². The standard InChI is InChI=1S/C6H13NOS/c1-6(7-5-8)3-4-9-2/h5-6H,3-4H2,1-2H3,(H,7,8)/t6-/m0/s1. The van der Waals surface area contributed by atoms with Crippen molar-refractivity contribution in [1.29, 1.82) is 0 Å². The van der Waals surface area contributed by atoms with Crippen LogP contribution >= 0.6 is 11.8 Å². The average molecular weight is 147 g/mol. The molecule has 0 bridgehead atoms. The first-order chi connectivity index (χ1) is 4.31. The Morgan fingerprint density at radius 1 is 1.78 bits per heavy atom. The molecule has 0 saturated carbocycles. The van der Waals surface area contributed by atoms with Gasteiger partial charge in [-0.25, -0.2) is 0 Å². The fourth-order valence-electron chi connectivity index (χ4n) is 0.494. The molecule has 1 amide bonds. The van der Waals surface area contributed by atoms with Crippen molar-refractivity contribution in [2.75, 3.05) is 12.0 Å². The van der Waals surface area contributed by atoms with E-state index in [2.05, 4.69) is 11.6 Å². The topological polar surface area (TPSA) is 29.1 Å². The highest BCUT2D eigenvalue weighted by Crippen LogP contribution is 1.98.